The van der Waals surface area contributed by atoms with E-state index >= 15 is 0 Å². The standard InChI is InChI=1S/C13H16N6/c1-10(2)13-18-17-9-19(13)6-5-15-12-4-3-11(7-14)8-16-12/h3-4,8-10H,5-6H2,1-2H3,(H,15,16). The molecule has 19 heavy (non-hydrogen) atoms. The number of hydrogen-bond donors (Lipinski definition) is 1. The molecule has 2 heterocycles. The number of nitriles is 1. The molecule has 0 aliphatic rings. The lowest BCUT2D eigenvalue weighted by molar-refractivity contribution is 0.636. The minimum absolute atomic E-state index is 0.357. The second-order valence-corrected chi connectivity index (χ2v) is 4.51. The van der Waals surface area contributed by atoms with Crippen LogP contribution >= 0.6 is 0 Å². The molecule has 0 aromatic carbocycles. The van der Waals surface area contributed by atoms with Crippen molar-refractivity contribution >= 4 is 5.82 Å². The van der Waals surface area contributed by atoms with E-state index in [0.29, 0.717) is 11.5 Å². The number of anilines is 1. The summed E-state index contributed by atoms with van der Waals surface area (Å²) in [5.41, 5.74) is 0.562. The van der Waals surface area contributed by atoms with E-state index in [2.05, 4.69) is 34.3 Å². The Hall–Kier alpha value is -2.42. The molecule has 0 amide bonds. The van der Waals surface area contributed by atoms with Crippen molar-refractivity contribution in [2.75, 3.05) is 11.9 Å². The highest BCUT2D eigenvalue weighted by atomic mass is 15.3. The van der Waals surface area contributed by atoms with Gasteiger partial charge < -0.3 is 9.88 Å². The maximum atomic E-state index is 8.68. The predicted molar refractivity (Wildman–Crippen MR) is 71.6 cm³/mol. The molecule has 2 rings (SSSR count). The summed E-state index contributed by atoms with van der Waals surface area (Å²) in [4.78, 5) is 4.15. The molecule has 0 unspecified atom stereocenters. The Labute approximate surface area is 112 Å². The van der Waals surface area contributed by atoms with Crippen LogP contribution < -0.4 is 5.32 Å². The molecule has 0 saturated carbocycles. The topological polar surface area (TPSA) is 79.4 Å². The van der Waals surface area contributed by atoms with Crippen molar-refractivity contribution in [1.29, 1.82) is 5.26 Å². The summed E-state index contributed by atoms with van der Waals surface area (Å²) in [6.45, 7) is 5.70. The van der Waals surface area contributed by atoms with Gasteiger partial charge in [-0.3, -0.25) is 0 Å². The lowest BCUT2D eigenvalue weighted by atomic mass is 10.2. The molecule has 1 N–H and O–H groups in total. The van der Waals surface area contributed by atoms with Crippen molar-refractivity contribution in [3.63, 3.8) is 0 Å². The van der Waals surface area contributed by atoms with Crippen LogP contribution in [0.5, 0.6) is 0 Å². The van der Waals surface area contributed by atoms with Gasteiger partial charge in [-0.2, -0.15) is 5.26 Å². The highest BCUT2D eigenvalue weighted by molar-refractivity contribution is 5.38. The minimum Gasteiger partial charge on any atom is -0.368 e. The largest absolute Gasteiger partial charge is 0.368 e. The summed E-state index contributed by atoms with van der Waals surface area (Å²) in [5.74, 6) is 2.10. The van der Waals surface area contributed by atoms with Crippen LogP contribution in [0.25, 0.3) is 0 Å². The van der Waals surface area contributed by atoms with E-state index in [1.165, 1.54) is 0 Å². The molecule has 0 spiro atoms. The van der Waals surface area contributed by atoms with Crippen molar-refractivity contribution in [3.05, 3.63) is 36.0 Å². The van der Waals surface area contributed by atoms with E-state index < -0.39 is 0 Å². The van der Waals surface area contributed by atoms with Crippen molar-refractivity contribution in [2.45, 2.75) is 26.3 Å². The summed E-state index contributed by atoms with van der Waals surface area (Å²) in [5, 5.41) is 19.9. The maximum absolute atomic E-state index is 8.68. The van der Waals surface area contributed by atoms with E-state index in [1.54, 1.807) is 24.7 Å². The average Bonchev–Trinajstić information content (AvgIpc) is 2.88. The van der Waals surface area contributed by atoms with E-state index in [4.69, 9.17) is 5.26 Å². The Balaban J connectivity index is 1.89. The first-order chi connectivity index (χ1) is 9.20. The normalized spacial score (nSPS) is 10.4. The molecule has 2 aromatic rings. The van der Waals surface area contributed by atoms with Gasteiger partial charge in [-0.05, 0) is 12.1 Å². The molecular weight excluding hydrogens is 240 g/mol. The van der Waals surface area contributed by atoms with Gasteiger partial charge in [-0.25, -0.2) is 4.98 Å². The highest BCUT2D eigenvalue weighted by Crippen LogP contribution is 2.10. The molecule has 0 radical (unpaired) electrons. The van der Waals surface area contributed by atoms with Crippen LogP contribution in [0.1, 0.15) is 31.2 Å². The fraction of sp³-hybridized carbons (Fsp3) is 0.385. The van der Waals surface area contributed by atoms with E-state index in [0.717, 1.165) is 24.7 Å². The summed E-state index contributed by atoms with van der Waals surface area (Å²) >= 11 is 0. The predicted octanol–water partition coefficient (Wildman–Crippen LogP) is 1.78. The number of pyridine rings is 1. The van der Waals surface area contributed by atoms with Crippen LogP contribution in [0.15, 0.2) is 24.7 Å². The van der Waals surface area contributed by atoms with Crippen molar-refractivity contribution in [2.24, 2.45) is 0 Å². The smallest absolute Gasteiger partial charge is 0.135 e. The first-order valence-electron chi connectivity index (χ1n) is 6.18. The van der Waals surface area contributed by atoms with Crippen LogP contribution in [-0.2, 0) is 6.54 Å². The molecule has 0 saturated heterocycles. The van der Waals surface area contributed by atoms with Gasteiger partial charge in [-0.15, -0.1) is 10.2 Å². The van der Waals surface area contributed by atoms with Gasteiger partial charge in [0.2, 0.25) is 0 Å². The van der Waals surface area contributed by atoms with Crippen molar-refractivity contribution < 1.29 is 0 Å². The zero-order valence-corrected chi connectivity index (χ0v) is 11.0. The zero-order valence-electron chi connectivity index (χ0n) is 11.0. The Morgan fingerprint density at radius 1 is 1.42 bits per heavy atom. The Morgan fingerprint density at radius 3 is 2.89 bits per heavy atom. The van der Waals surface area contributed by atoms with E-state index in [-0.39, 0.29) is 0 Å². The fourth-order valence-electron chi connectivity index (χ4n) is 1.75. The molecule has 0 atom stereocenters. The number of nitrogens with zero attached hydrogens (tertiary/aromatic N) is 5. The molecule has 0 aliphatic carbocycles. The monoisotopic (exact) mass is 256 g/mol. The van der Waals surface area contributed by atoms with Gasteiger partial charge in [-0.1, -0.05) is 13.8 Å². The number of hydrogen-bond acceptors (Lipinski definition) is 5. The molecule has 0 bridgehead atoms. The van der Waals surface area contributed by atoms with Crippen LogP contribution in [-0.4, -0.2) is 26.3 Å². The second kappa shape index (κ2) is 5.96. The van der Waals surface area contributed by atoms with Gasteiger partial charge in [0.25, 0.3) is 0 Å². The van der Waals surface area contributed by atoms with Gasteiger partial charge in [0, 0.05) is 25.2 Å². The minimum atomic E-state index is 0.357. The third-order valence-corrected chi connectivity index (χ3v) is 2.71. The van der Waals surface area contributed by atoms with Crippen LogP contribution in [0, 0.1) is 11.3 Å². The summed E-state index contributed by atoms with van der Waals surface area (Å²) < 4.78 is 2.03. The molecular formula is C13H16N6. The highest BCUT2D eigenvalue weighted by Gasteiger charge is 2.07. The summed E-state index contributed by atoms with van der Waals surface area (Å²) in [6, 6.07) is 5.59. The lowest BCUT2D eigenvalue weighted by Crippen LogP contribution is -2.13. The van der Waals surface area contributed by atoms with Gasteiger partial charge in [0.05, 0.1) is 5.56 Å². The molecule has 6 nitrogen and oxygen atoms in total. The van der Waals surface area contributed by atoms with Crippen LogP contribution in [0.3, 0.4) is 0 Å². The van der Waals surface area contributed by atoms with E-state index in [1.807, 2.05) is 10.6 Å². The Bertz CT molecular complexity index is 564. The van der Waals surface area contributed by atoms with Crippen LogP contribution in [0.2, 0.25) is 0 Å². The molecule has 0 aliphatic heterocycles. The Morgan fingerprint density at radius 2 is 2.26 bits per heavy atom. The third-order valence-electron chi connectivity index (χ3n) is 2.71. The lowest BCUT2D eigenvalue weighted by Gasteiger charge is -2.10. The molecule has 2 aromatic heterocycles. The molecule has 98 valence electrons. The van der Waals surface area contributed by atoms with Gasteiger partial charge in [0.1, 0.15) is 24.0 Å². The number of rotatable bonds is 5. The zero-order chi connectivity index (χ0) is 13.7. The average molecular weight is 256 g/mol. The van der Waals surface area contributed by atoms with Crippen molar-refractivity contribution in [1.82, 2.24) is 19.7 Å². The van der Waals surface area contributed by atoms with Crippen molar-refractivity contribution in [3.8, 4) is 6.07 Å². The number of aromatic nitrogens is 4. The molecule has 6 heteroatoms. The first-order valence-corrected chi connectivity index (χ1v) is 6.18. The second-order valence-electron chi connectivity index (χ2n) is 4.51. The van der Waals surface area contributed by atoms with E-state index in [9.17, 15) is 0 Å². The number of nitrogens with one attached hydrogen (secondary N) is 1. The summed E-state index contributed by atoms with van der Waals surface area (Å²) in [7, 11) is 0. The Kier molecular flexibility index (Phi) is 4.08. The summed E-state index contributed by atoms with van der Waals surface area (Å²) in [6.07, 6.45) is 3.30. The van der Waals surface area contributed by atoms with Crippen LogP contribution in [0.4, 0.5) is 5.82 Å². The van der Waals surface area contributed by atoms with Gasteiger partial charge in [0.15, 0.2) is 0 Å². The first kappa shape index (κ1) is 13.0. The van der Waals surface area contributed by atoms with Gasteiger partial charge >= 0.3 is 0 Å². The quantitative estimate of drug-likeness (QED) is 0.882. The maximum Gasteiger partial charge on any atom is 0.135 e. The fourth-order valence-corrected chi connectivity index (χ4v) is 1.75. The molecule has 0 fully saturated rings. The third kappa shape index (κ3) is 3.28. The SMILES string of the molecule is CC(C)c1nncn1CCNc1ccc(C#N)cn1.